The van der Waals surface area contributed by atoms with Gasteiger partial charge in [0.1, 0.15) is 16.7 Å². The molecule has 0 aliphatic rings. The van der Waals surface area contributed by atoms with Gasteiger partial charge in [0.2, 0.25) is 15.9 Å². The van der Waals surface area contributed by atoms with Gasteiger partial charge < -0.3 is 0 Å². The van der Waals surface area contributed by atoms with E-state index in [1.165, 1.54) is 19.2 Å². The summed E-state index contributed by atoms with van der Waals surface area (Å²) in [5.74, 6) is 4.52. The van der Waals surface area contributed by atoms with E-state index in [-0.39, 0.29) is 28.9 Å². The van der Waals surface area contributed by atoms with E-state index in [0.29, 0.717) is 10.7 Å². The van der Waals surface area contributed by atoms with Gasteiger partial charge in [-0.2, -0.15) is 4.31 Å². The smallest absolute Gasteiger partial charge is 0.244 e. The zero-order valence-corrected chi connectivity index (χ0v) is 15.8. The summed E-state index contributed by atoms with van der Waals surface area (Å²) in [6, 6.07) is 6.25. The molecule has 2 rings (SSSR count). The first-order valence-corrected chi connectivity index (χ1v) is 9.83. The summed E-state index contributed by atoms with van der Waals surface area (Å²) >= 11 is 1.16. The highest BCUT2D eigenvalue weighted by Crippen LogP contribution is 2.19. The van der Waals surface area contributed by atoms with Gasteiger partial charge in [-0.15, -0.1) is 0 Å². The molecular formula is C15H18FN5O3S2. The highest BCUT2D eigenvalue weighted by atomic mass is 32.2. The van der Waals surface area contributed by atoms with Crippen LogP contribution in [-0.4, -0.2) is 41.4 Å². The number of halogens is 1. The second kappa shape index (κ2) is 8.54. The lowest BCUT2D eigenvalue weighted by atomic mass is 10.4. The maximum absolute atomic E-state index is 13.0. The van der Waals surface area contributed by atoms with E-state index in [1.807, 2.05) is 5.43 Å². The largest absolute Gasteiger partial charge is 0.294 e. The monoisotopic (exact) mass is 399 g/mol. The first kappa shape index (κ1) is 20.2. The molecule has 1 heterocycles. The van der Waals surface area contributed by atoms with Crippen LogP contribution in [0.5, 0.6) is 0 Å². The van der Waals surface area contributed by atoms with Gasteiger partial charge in [-0.05, 0) is 37.3 Å². The Bertz CT molecular complexity index is 891. The maximum Gasteiger partial charge on any atom is 0.244 e. The van der Waals surface area contributed by atoms with Crippen LogP contribution in [0, 0.1) is 12.7 Å². The maximum atomic E-state index is 13.0. The molecule has 0 fully saturated rings. The Hall–Kier alpha value is -2.08. The Morgan fingerprint density at radius 3 is 2.58 bits per heavy atom. The molecule has 140 valence electrons. The summed E-state index contributed by atoms with van der Waals surface area (Å²) in [5.41, 5.74) is 2.66. The molecule has 0 aliphatic carbocycles. The number of carbonyl (C=O) groups is 1. The van der Waals surface area contributed by atoms with E-state index in [1.54, 1.807) is 13.0 Å². The molecule has 0 saturated heterocycles. The molecule has 26 heavy (non-hydrogen) atoms. The van der Waals surface area contributed by atoms with Crippen LogP contribution in [-0.2, 0) is 21.4 Å². The molecule has 1 aromatic carbocycles. The minimum Gasteiger partial charge on any atom is -0.294 e. The van der Waals surface area contributed by atoms with Crippen molar-refractivity contribution >= 4 is 27.7 Å². The molecular weight excluding hydrogens is 381 g/mol. The first-order chi connectivity index (χ1) is 12.2. The summed E-state index contributed by atoms with van der Waals surface area (Å²) in [6.07, 6.45) is 0. The minimum absolute atomic E-state index is 0.0248. The number of hydrazine groups is 1. The van der Waals surface area contributed by atoms with Crippen molar-refractivity contribution in [1.82, 2.24) is 19.7 Å². The summed E-state index contributed by atoms with van der Waals surface area (Å²) in [6.45, 7) is 1.67. The Kier molecular flexibility index (Phi) is 6.64. The number of hydrogen-bond donors (Lipinski definition) is 2. The summed E-state index contributed by atoms with van der Waals surface area (Å²) in [4.78, 5) is 19.7. The van der Waals surface area contributed by atoms with Gasteiger partial charge in [0.15, 0.2) is 0 Å². The van der Waals surface area contributed by atoms with E-state index in [4.69, 9.17) is 5.84 Å². The van der Waals surface area contributed by atoms with Crippen molar-refractivity contribution in [3.05, 3.63) is 47.7 Å². The molecule has 0 radical (unpaired) electrons. The zero-order chi connectivity index (χ0) is 19.3. The molecule has 0 bridgehead atoms. The van der Waals surface area contributed by atoms with Gasteiger partial charge in [-0.1, -0.05) is 11.8 Å². The standard InChI is InChI=1S/C15H18FN5O3S2/c1-10-7-15(25-9-14(22)20-17)19-13(18-10)8-21(2)26(23,24)12-5-3-11(16)4-6-12/h3-7H,8-9,17H2,1-2H3,(H,20,22). The number of nitrogens with one attached hydrogen (secondary N) is 1. The molecule has 0 aliphatic heterocycles. The van der Waals surface area contributed by atoms with Crippen molar-refractivity contribution in [2.75, 3.05) is 12.8 Å². The number of nitrogens with two attached hydrogens (primary N) is 1. The van der Waals surface area contributed by atoms with Gasteiger partial charge in [0.05, 0.1) is 17.2 Å². The average Bonchev–Trinajstić information content (AvgIpc) is 2.59. The number of sulfonamides is 1. The number of carbonyl (C=O) groups excluding carboxylic acids is 1. The van der Waals surface area contributed by atoms with Crippen LogP contribution < -0.4 is 11.3 Å². The van der Waals surface area contributed by atoms with Crippen molar-refractivity contribution in [1.29, 1.82) is 0 Å². The zero-order valence-electron chi connectivity index (χ0n) is 14.1. The second-order valence-electron chi connectivity index (χ2n) is 5.33. The van der Waals surface area contributed by atoms with Crippen LogP contribution in [0.25, 0.3) is 0 Å². The minimum atomic E-state index is -3.81. The SMILES string of the molecule is Cc1cc(SCC(=O)NN)nc(CN(C)S(=O)(=O)c2ccc(F)cc2)n1. The number of thioether (sulfide) groups is 1. The lowest BCUT2D eigenvalue weighted by molar-refractivity contribution is -0.118. The average molecular weight is 399 g/mol. The fourth-order valence-electron chi connectivity index (χ4n) is 2.00. The van der Waals surface area contributed by atoms with Crippen LogP contribution in [0.15, 0.2) is 40.3 Å². The molecule has 2 aromatic rings. The Labute approximate surface area is 155 Å². The van der Waals surface area contributed by atoms with Crippen molar-refractivity contribution in [3.63, 3.8) is 0 Å². The quantitative estimate of drug-likeness (QED) is 0.233. The van der Waals surface area contributed by atoms with E-state index >= 15 is 0 Å². The number of benzene rings is 1. The topological polar surface area (TPSA) is 118 Å². The molecule has 0 unspecified atom stereocenters. The van der Waals surface area contributed by atoms with Crippen LogP contribution in [0.1, 0.15) is 11.5 Å². The summed E-state index contributed by atoms with van der Waals surface area (Å²) in [5, 5.41) is 0.531. The Morgan fingerprint density at radius 2 is 1.96 bits per heavy atom. The van der Waals surface area contributed by atoms with Gasteiger partial charge in [-0.3, -0.25) is 10.2 Å². The molecule has 0 atom stereocenters. The normalized spacial score (nSPS) is 11.6. The molecule has 3 N–H and O–H groups in total. The number of amides is 1. The molecule has 0 saturated carbocycles. The van der Waals surface area contributed by atoms with Gasteiger partial charge in [0, 0.05) is 12.7 Å². The van der Waals surface area contributed by atoms with E-state index in [0.717, 1.165) is 28.2 Å². The third-order valence-corrected chi connectivity index (χ3v) is 6.00. The fourth-order valence-corrected chi connectivity index (χ4v) is 3.91. The third-order valence-electron chi connectivity index (χ3n) is 3.28. The predicted octanol–water partition coefficient (Wildman–Crippen LogP) is 0.827. The van der Waals surface area contributed by atoms with Crippen molar-refractivity contribution in [2.24, 2.45) is 5.84 Å². The lowest BCUT2D eigenvalue weighted by Crippen LogP contribution is -2.31. The second-order valence-corrected chi connectivity index (χ2v) is 8.38. The van der Waals surface area contributed by atoms with Crippen LogP contribution in [0.2, 0.25) is 0 Å². The van der Waals surface area contributed by atoms with Crippen LogP contribution in [0.4, 0.5) is 4.39 Å². The summed E-state index contributed by atoms with van der Waals surface area (Å²) in [7, 11) is -2.42. The third kappa shape index (κ3) is 5.21. The number of aryl methyl sites for hydroxylation is 1. The van der Waals surface area contributed by atoms with Crippen LogP contribution >= 0.6 is 11.8 Å². The van der Waals surface area contributed by atoms with Crippen molar-refractivity contribution < 1.29 is 17.6 Å². The van der Waals surface area contributed by atoms with Gasteiger partial charge in [0.25, 0.3) is 0 Å². The number of nitrogens with zero attached hydrogens (tertiary/aromatic N) is 3. The first-order valence-electron chi connectivity index (χ1n) is 7.41. The Balaban J connectivity index is 2.17. The number of aromatic nitrogens is 2. The highest BCUT2D eigenvalue weighted by molar-refractivity contribution is 7.99. The molecule has 0 spiro atoms. The Morgan fingerprint density at radius 1 is 1.31 bits per heavy atom. The van der Waals surface area contributed by atoms with E-state index in [2.05, 4.69) is 9.97 Å². The molecule has 8 nitrogen and oxygen atoms in total. The van der Waals surface area contributed by atoms with Gasteiger partial charge >= 0.3 is 0 Å². The van der Waals surface area contributed by atoms with Crippen molar-refractivity contribution in [2.45, 2.75) is 23.4 Å². The molecule has 1 amide bonds. The fraction of sp³-hybridized carbons (Fsp3) is 0.267. The lowest BCUT2D eigenvalue weighted by Gasteiger charge is -2.17. The molecule has 1 aromatic heterocycles. The summed E-state index contributed by atoms with van der Waals surface area (Å²) < 4.78 is 39.2. The van der Waals surface area contributed by atoms with E-state index < -0.39 is 15.8 Å². The number of hydrogen-bond acceptors (Lipinski definition) is 7. The number of rotatable bonds is 7. The van der Waals surface area contributed by atoms with E-state index in [9.17, 15) is 17.6 Å². The molecule has 11 heteroatoms. The predicted molar refractivity (Wildman–Crippen MR) is 94.9 cm³/mol. The highest BCUT2D eigenvalue weighted by Gasteiger charge is 2.22. The van der Waals surface area contributed by atoms with Crippen molar-refractivity contribution in [3.8, 4) is 0 Å². The van der Waals surface area contributed by atoms with Gasteiger partial charge in [-0.25, -0.2) is 28.6 Å². The van der Waals surface area contributed by atoms with Crippen LogP contribution in [0.3, 0.4) is 0 Å².